The number of carbonyl (C=O) groups excluding carboxylic acids is 1. The Morgan fingerprint density at radius 2 is 2.05 bits per heavy atom. The Labute approximate surface area is 140 Å². The van der Waals surface area contributed by atoms with Crippen LogP contribution in [0.4, 0.5) is 0 Å². The SMILES string of the molecule is CC1(NC(=O)COC(=N)C(C)(I)C23NI2N3)CCCC1. The zero-order valence-corrected chi connectivity index (χ0v) is 15.9. The molecule has 1 amide bonds. The van der Waals surface area contributed by atoms with Crippen LogP contribution in [0, 0.1) is 5.41 Å². The van der Waals surface area contributed by atoms with Crippen molar-refractivity contribution < 1.29 is 9.53 Å². The van der Waals surface area contributed by atoms with E-state index in [1.54, 1.807) is 0 Å². The number of ether oxygens (including phenoxy) is 1. The van der Waals surface area contributed by atoms with Crippen molar-refractivity contribution in [3.8, 4) is 0 Å². The van der Waals surface area contributed by atoms with E-state index >= 15 is 0 Å². The fourth-order valence-corrected chi connectivity index (χ4v) is 10.5. The van der Waals surface area contributed by atoms with E-state index in [9.17, 15) is 4.79 Å². The van der Waals surface area contributed by atoms with Crippen LogP contribution in [0.1, 0.15) is 39.5 Å². The molecule has 2 aliphatic heterocycles. The predicted octanol–water partition coefficient (Wildman–Crippen LogP) is 1.82. The summed E-state index contributed by atoms with van der Waals surface area (Å²) in [6, 6.07) is 0. The minimum absolute atomic E-state index is 0.0253. The summed E-state index contributed by atoms with van der Waals surface area (Å²) in [7, 11) is 0. The summed E-state index contributed by atoms with van der Waals surface area (Å²) in [4.78, 5) is 12.0. The van der Waals surface area contributed by atoms with Crippen molar-refractivity contribution in [1.82, 2.24) is 12.4 Å². The van der Waals surface area contributed by atoms with Gasteiger partial charge in [0.2, 0.25) is 0 Å². The van der Waals surface area contributed by atoms with E-state index in [1.165, 1.54) is 12.8 Å². The molecule has 0 spiro atoms. The van der Waals surface area contributed by atoms with Crippen LogP contribution in [0.2, 0.25) is 0 Å². The number of hydrogen-bond donors (Lipinski definition) is 4. The molecule has 8 heteroatoms. The molecule has 20 heavy (non-hydrogen) atoms. The van der Waals surface area contributed by atoms with Crippen molar-refractivity contribution in [1.29, 1.82) is 5.41 Å². The average molecular weight is 506 g/mol. The fraction of sp³-hybridized carbons (Fsp3) is 0.833. The van der Waals surface area contributed by atoms with Gasteiger partial charge in [-0.1, -0.05) is 0 Å². The molecule has 3 fully saturated rings. The van der Waals surface area contributed by atoms with E-state index in [-0.39, 0.29) is 27.6 Å². The maximum absolute atomic E-state index is 12.0. The maximum atomic E-state index is 12.0. The molecule has 2 saturated heterocycles. The summed E-state index contributed by atoms with van der Waals surface area (Å²) >= 11 is 1.13. The number of nitrogens with one attached hydrogen (secondary N) is 4. The Morgan fingerprint density at radius 1 is 1.50 bits per heavy atom. The molecule has 1 saturated carbocycles. The Kier molecular flexibility index (Phi) is 3.74. The zero-order valence-electron chi connectivity index (χ0n) is 11.6. The predicted molar refractivity (Wildman–Crippen MR) is 94.1 cm³/mol. The van der Waals surface area contributed by atoms with Crippen molar-refractivity contribution in [2.45, 2.75) is 52.2 Å². The molecule has 0 bridgehead atoms. The van der Waals surface area contributed by atoms with Gasteiger partial charge in [0.05, 0.1) is 0 Å². The summed E-state index contributed by atoms with van der Waals surface area (Å²) in [6.45, 7) is 4.01. The molecule has 1 atom stereocenters. The first kappa shape index (κ1) is 15.2. The van der Waals surface area contributed by atoms with Gasteiger partial charge in [-0.2, -0.15) is 0 Å². The number of fused-ring (bicyclic) bond motifs is 1. The number of rotatable bonds is 5. The monoisotopic (exact) mass is 506 g/mol. The summed E-state index contributed by atoms with van der Waals surface area (Å²) < 4.78 is 11.8. The molecule has 114 valence electrons. The molecule has 3 aliphatic rings. The van der Waals surface area contributed by atoms with Crippen LogP contribution in [0.5, 0.6) is 0 Å². The van der Waals surface area contributed by atoms with E-state index in [2.05, 4.69) is 41.9 Å². The Balaban J connectivity index is 1.47. The molecule has 2 heterocycles. The number of carbonyl (C=O) groups is 1. The number of hydrogen-bond acceptors (Lipinski definition) is 5. The van der Waals surface area contributed by atoms with E-state index in [4.69, 9.17) is 10.1 Å². The van der Waals surface area contributed by atoms with Crippen molar-refractivity contribution in [2.24, 2.45) is 0 Å². The summed E-state index contributed by atoms with van der Waals surface area (Å²) in [6.07, 6.45) is 4.41. The normalized spacial score (nSPS) is 29.1. The van der Waals surface area contributed by atoms with Gasteiger partial charge in [-0.15, -0.1) is 0 Å². The molecule has 0 aromatic rings. The number of amides is 1. The zero-order chi connectivity index (χ0) is 14.6. The molecule has 0 aromatic carbocycles. The van der Waals surface area contributed by atoms with Crippen LogP contribution in [0.15, 0.2) is 0 Å². The number of halogens is 2. The van der Waals surface area contributed by atoms with Gasteiger partial charge in [0, 0.05) is 0 Å². The quantitative estimate of drug-likeness (QED) is 0.0869. The second-order valence-corrected chi connectivity index (χ2v) is 12.5. The minimum atomic E-state index is -1.12. The summed E-state index contributed by atoms with van der Waals surface area (Å²) in [5, 5.41) is 11.1. The fourth-order valence-electron chi connectivity index (χ4n) is 2.66. The standard InChI is InChI=1S/C12H20I2N4O2/c1-10(5-3-4-6-10)16-8(19)7-20-9(15)11(2,13)12-14(17-12)18-12/h15,17-18H,3-7H2,1-2H3,(H,16,19). The molecule has 1 aliphatic carbocycles. The van der Waals surface area contributed by atoms with E-state index in [0.717, 1.165) is 12.8 Å². The Bertz CT molecular complexity index is 456. The van der Waals surface area contributed by atoms with Gasteiger partial charge in [-0.05, 0) is 0 Å². The molecular weight excluding hydrogens is 486 g/mol. The molecule has 6 nitrogen and oxygen atoms in total. The van der Waals surface area contributed by atoms with Crippen LogP contribution in [0.25, 0.3) is 0 Å². The van der Waals surface area contributed by atoms with Gasteiger partial charge in [0.1, 0.15) is 0 Å². The second-order valence-electron chi connectivity index (χ2n) is 6.07. The van der Waals surface area contributed by atoms with Crippen molar-refractivity contribution >= 4 is 54.8 Å². The Morgan fingerprint density at radius 3 is 2.55 bits per heavy atom. The Hall–Kier alpha value is 0.320. The van der Waals surface area contributed by atoms with E-state index in [0.29, 0.717) is 0 Å². The van der Waals surface area contributed by atoms with Gasteiger partial charge >= 0.3 is 141 Å². The molecule has 1 unspecified atom stereocenters. The van der Waals surface area contributed by atoms with Gasteiger partial charge in [0.15, 0.2) is 0 Å². The second kappa shape index (κ2) is 4.92. The third-order valence-electron chi connectivity index (χ3n) is 4.23. The summed E-state index contributed by atoms with van der Waals surface area (Å²) in [5.74, 6) is 0.0637. The van der Waals surface area contributed by atoms with Gasteiger partial charge in [-0.3, -0.25) is 0 Å². The number of alkyl halides is 2. The van der Waals surface area contributed by atoms with Gasteiger partial charge in [0.25, 0.3) is 0 Å². The van der Waals surface area contributed by atoms with Gasteiger partial charge < -0.3 is 0 Å². The van der Waals surface area contributed by atoms with Crippen molar-refractivity contribution in [3.05, 3.63) is 0 Å². The van der Waals surface area contributed by atoms with Crippen LogP contribution < -0.4 is 12.4 Å². The molecular formula is C12H20I2N4O2. The first-order valence-electron chi connectivity index (χ1n) is 6.76. The molecule has 0 radical (unpaired) electrons. The first-order valence-corrected chi connectivity index (χ1v) is 11.1. The first-order chi connectivity index (χ1) is 9.29. The topological polar surface area (TPSA) is 106 Å². The van der Waals surface area contributed by atoms with Crippen LogP contribution in [-0.2, 0) is 9.53 Å². The molecule has 3 rings (SSSR count). The molecule has 0 aromatic heterocycles. The van der Waals surface area contributed by atoms with Crippen LogP contribution in [-0.4, -0.2) is 31.0 Å². The molecule has 4 N–H and O–H groups in total. The van der Waals surface area contributed by atoms with Crippen LogP contribution in [0.3, 0.4) is 0 Å². The van der Waals surface area contributed by atoms with Crippen molar-refractivity contribution in [3.63, 3.8) is 0 Å². The van der Waals surface area contributed by atoms with Crippen molar-refractivity contribution in [2.75, 3.05) is 6.61 Å². The van der Waals surface area contributed by atoms with Crippen LogP contribution >= 0.6 is 43.0 Å². The van der Waals surface area contributed by atoms with E-state index < -0.39 is 23.8 Å². The van der Waals surface area contributed by atoms with Gasteiger partial charge in [-0.25, -0.2) is 0 Å². The summed E-state index contributed by atoms with van der Waals surface area (Å²) in [5.41, 5.74) is -0.0794. The third kappa shape index (κ3) is 2.56. The average Bonchev–Trinajstić information content (AvgIpc) is 3.18. The third-order valence-corrected chi connectivity index (χ3v) is 11.4. The van der Waals surface area contributed by atoms with E-state index in [1.807, 2.05) is 6.92 Å².